The van der Waals surface area contributed by atoms with Crippen LogP contribution in [0, 0.1) is 0 Å². The van der Waals surface area contributed by atoms with E-state index in [0.29, 0.717) is 17.1 Å². The predicted octanol–water partition coefficient (Wildman–Crippen LogP) is 2.45. The molecule has 0 aliphatic rings. The molecule has 0 amide bonds. The number of hydrogen-bond acceptors (Lipinski definition) is 4. The standard InChI is InChI=1S/C14H13FN2O2/c1-19-14-7-6-13(16-17-14)11-4-2-10(3-5-11)12(15)8-9-18/h2-8,18H,9H2,1H3/b12-8-. The SMILES string of the molecule is COc1ccc(-c2ccc(/C(F)=C/CO)cc2)nn1. The van der Waals surface area contributed by atoms with Crippen LogP contribution in [0.2, 0.25) is 0 Å². The van der Waals surface area contributed by atoms with Crippen LogP contribution in [0.3, 0.4) is 0 Å². The highest BCUT2D eigenvalue weighted by Gasteiger charge is 2.03. The predicted molar refractivity (Wildman–Crippen MR) is 70.2 cm³/mol. The van der Waals surface area contributed by atoms with Gasteiger partial charge in [-0.05, 0) is 12.1 Å². The molecule has 0 spiro atoms. The molecule has 0 aliphatic carbocycles. The van der Waals surface area contributed by atoms with Crippen molar-refractivity contribution in [3.63, 3.8) is 0 Å². The first-order valence-electron chi connectivity index (χ1n) is 5.69. The summed E-state index contributed by atoms with van der Waals surface area (Å²) in [5.41, 5.74) is 1.92. The Hall–Kier alpha value is -2.27. The largest absolute Gasteiger partial charge is 0.480 e. The van der Waals surface area contributed by atoms with Gasteiger partial charge in [0, 0.05) is 17.2 Å². The Bertz CT molecular complexity index is 565. The fraction of sp³-hybridized carbons (Fsp3) is 0.143. The Morgan fingerprint density at radius 1 is 1.21 bits per heavy atom. The van der Waals surface area contributed by atoms with Gasteiger partial charge in [0.15, 0.2) is 0 Å². The first kappa shape index (κ1) is 13.2. The quantitative estimate of drug-likeness (QED) is 0.917. The normalized spacial score (nSPS) is 11.4. The first-order valence-corrected chi connectivity index (χ1v) is 5.69. The average Bonchev–Trinajstić information content (AvgIpc) is 2.48. The molecule has 2 aromatic rings. The van der Waals surface area contributed by atoms with E-state index in [0.717, 1.165) is 11.6 Å². The first-order chi connectivity index (χ1) is 9.24. The number of ether oxygens (including phenoxy) is 1. The molecule has 0 saturated carbocycles. The van der Waals surface area contributed by atoms with Crippen molar-refractivity contribution in [2.45, 2.75) is 0 Å². The van der Waals surface area contributed by atoms with Gasteiger partial charge in [0.25, 0.3) is 0 Å². The van der Waals surface area contributed by atoms with Gasteiger partial charge in [-0.3, -0.25) is 0 Å². The number of hydrogen-bond donors (Lipinski definition) is 1. The molecule has 19 heavy (non-hydrogen) atoms. The number of aromatic nitrogens is 2. The Morgan fingerprint density at radius 3 is 2.47 bits per heavy atom. The Kier molecular flexibility index (Phi) is 4.20. The summed E-state index contributed by atoms with van der Waals surface area (Å²) < 4.78 is 18.4. The number of nitrogens with zero attached hydrogens (tertiary/aromatic N) is 2. The van der Waals surface area contributed by atoms with Crippen molar-refractivity contribution < 1.29 is 14.2 Å². The number of aliphatic hydroxyl groups excluding tert-OH is 1. The van der Waals surface area contributed by atoms with Gasteiger partial charge in [0.1, 0.15) is 5.83 Å². The van der Waals surface area contributed by atoms with Gasteiger partial charge in [-0.25, -0.2) is 4.39 Å². The lowest BCUT2D eigenvalue weighted by Gasteiger charge is -2.03. The molecule has 1 heterocycles. The van der Waals surface area contributed by atoms with Crippen LogP contribution in [0.5, 0.6) is 5.88 Å². The number of benzene rings is 1. The van der Waals surface area contributed by atoms with Gasteiger partial charge in [-0.15, -0.1) is 10.2 Å². The van der Waals surface area contributed by atoms with Crippen molar-refractivity contribution in [3.8, 4) is 17.1 Å². The molecule has 0 aliphatic heterocycles. The lowest BCUT2D eigenvalue weighted by molar-refractivity contribution is 0.342. The zero-order valence-electron chi connectivity index (χ0n) is 10.4. The Labute approximate surface area is 110 Å². The molecule has 0 saturated heterocycles. The molecule has 0 radical (unpaired) electrons. The number of halogens is 1. The van der Waals surface area contributed by atoms with E-state index in [1.54, 1.807) is 36.4 Å². The van der Waals surface area contributed by atoms with Gasteiger partial charge in [0.2, 0.25) is 5.88 Å². The molecule has 1 aromatic heterocycles. The minimum absolute atomic E-state index is 0.322. The molecule has 0 bridgehead atoms. The van der Waals surface area contributed by atoms with Gasteiger partial charge < -0.3 is 9.84 Å². The van der Waals surface area contributed by atoms with Crippen LogP contribution in [-0.4, -0.2) is 29.0 Å². The molecular formula is C14H13FN2O2. The highest BCUT2D eigenvalue weighted by Crippen LogP contribution is 2.22. The second-order valence-corrected chi connectivity index (χ2v) is 3.77. The summed E-state index contributed by atoms with van der Waals surface area (Å²) in [6.07, 6.45) is 1.11. The fourth-order valence-corrected chi connectivity index (χ4v) is 1.58. The molecule has 98 valence electrons. The maximum absolute atomic E-state index is 13.4. The zero-order chi connectivity index (χ0) is 13.7. The van der Waals surface area contributed by atoms with Crippen LogP contribution in [0.25, 0.3) is 17.1 Å². The maximum Gasteiger partial charge on any atom is 0.233 e. The summed E-state index contributed by atoms with van der Waals surface area (Å²) in [7, 11) is 1.52. The van der Waals surface area contributed by atoms with Gasteiger partial charge in [0.05, 0.1) is 19.4 Å². The van der Waals surface area contributed by atoms with Crippen LogP contribution in [-0.2, 0) is 0 Å². The summed E-state index contributed by atoms with van der Waals surface area (Å²) >= 11 is 0. The van der Waals surface area contributed by atoms with Crippen molar-refractivity contribution >= 4 is 5.83 Å². The summed E-state index contributed by atoms with van der Waals surface area (Å²) in [6.45, 7) is -0.322. The van der Waals surface area contributed by atoms with Crippen molar-refractivity contribution in [1.82, 2.24) is 10.2 Å². The monoisotopic (exact) mass is 260 g/mol. The van der Waals surface area contributed by atoms with Crippen LogP contribution in [0.1, 0.15) is 5.56 Å². The second kappa shape index (κ2) is 6.06. The van der Waals surface area contributed by atoms with Crippen LogP contribution in [0.15, 0.2) is 42.5 Å². The van der Waals surface area contributed by atoms with Gasteiger partial charge in [-0.2, -0.15) is 0 Å². The third-order valence-electron chi connectivity index (χ3n) is 2.58. The van der Waals surface area contributed by atoms with E-state index in [1.807, 2.05) is 0 Å². The topological polar surface area (TPSA) is 55.2 Å². The summed E-state index contributed by atoms with van der Waals surface area (Å²) in [4.78, 5) is 0. The summed E-state index contributed by atoms with van der Waals surface area (Å²) in [6, 6.07) is 10.2. The van der Waals surface area contributed by atoms with Crippen LogP contribution in [0.4, 0.5) is 4.39 Å². The van der Waals surface area contributed by atoms with Crippen LogP contribution >= 0.6 is 0 Å². The van der Waals surface area contributed by atoms with Crippen LogP contribution < -0.4 is 4.74 Å². The minimum Gasteiger partial charge on any atom is -0.480 e. The van der Waals surface area contributed by atoms with Gasteiger partial charge in [-0.1, -0.05) is 24.3 Å². The minimum atomic E-state index is -0.449. The lowest BCUT2D eigenvalue weighted by atomic mass is 10.1. The molecule has 4 nitrogen and oxygen atoms in total. The summed E-state index contributed by atoms with van der Waals surface area (Å²) in [5, 5.41) is 16.5. The second-order valence-electron chi connectivity index (χ2n) is 3.77. The zero-order valence-corrected chi connectivity index (χ0v) is 10.4. The van der Waals surface area contributed by atoms with E-state index in [4.69, 9.17) is 9.84 Å². The van der Waals surface area contributed by atoms with E-state index in [1.165, 1.54) is 7.11 Å². The molecule has 0 atom stereocenters. The van der Waals surface area contributed by atoms with E-state index in [9.17, 15) is 4.39 Å². The third-order valence-corrected chi connectivity index (χ3v) is 2.58. The number of rotatable bonds is 4. The van der Waals surface area contributed by atoms with E-state index in [2.05, 4.69) is 10.2 Å². The molecule has 0 unspecified atom stereocenters. The van der Waals surface area contributed by atoms with Crippen molar-refractivity contribution in [1.29, 1.82) is 0 Å². The molecule has 1 aromatic carbocycles. The Morgan fingerprint density at radius 2 is 1.95 bits per heavy atom. The molecule has 2 rings (SSSR count). The molecule has 0 fully saturated rings. The number of aliphatic hydroxyl groups is 1. The average molecular weight is 260 g/mol. The Balaban J connectivity index is 2.24. The van der Waals surface area contributed by atoms with Crippen molar-refractivity contribution in [2.75, 3.05) is 13.7 Å². The van der Waals surface area contributed by atoms with Gasteiger partial charge >= 0.3 is 0 Å². The van der Waals surface area contributed by atoms with E-state index >= 15 is 0 Å². The fourth-order valence-electron chi connectivity index (χ4n) is 1.58. The van der Waals surface area contributed by atoms with Crippen molar-refractivity contribution in [3.05, 3.63) is 48.0 Å². The molecule has 1 N–H and O–H groups in total. The highest BCUT2D eigenvalue weighted by molar-refractivity contribution is 5.65. The smallest absolute Gasteiger partial charge is 0.233 e. The highest BCUT2D eigenvalue weighted by atomic mass is 19.1. The van der Waals surface area contributed by atoms with E-state index < -0.39 is 5.83 Å². The number of methoxy groups -OCH3 is 1. The molecular weight excluding hydrogens is 247 g/mol. The van der Waals surface area contributed by atoms with Crippen molar-refractivity contribution in [2.24, 2.45) is 0 Å². The van der Waals surface area contributed by atoms with E-state index in [-0.39, 0.29) is 6.61 Å². The molecule has 5 heteroatoms. The maximum atomic E-state index is 13.4. The lowest BCUT2D eigenvalue weighted by Crippen LogP contribution is -1.92. The summed E-state index contributed by atoms with van der Waals surface area (Å²) in [5.74, 6) is -0.00726. The third kappa shape index (κ3) is 3.14.